The van der Waals surface area contributed by atoms with Crippen molar-refractivity contribution in [3.8, 4) is 5.75 Å². The van der Waals surface area contributed by atoms with Crippen molar-refractivity contribution in [3.63, 3.8) is 0 Å². The molecule has 2 aromatic rings. The summed E-state index contributed by atoms with van der Waals surface area (Å²) in [5.74, 6) is 2.99. The summed E-state index contributed by atoms with van der Waals surface area (Å²) in [5, 5.41) is 4.30. The van der Waals surface area contributed by atoms with Crippen molar-refractivity contribution in [2.24, 2.45) is 5.92 Å². The number of hydrogen-bond acceptors (Lipinski definition) is 6. The Morgan fingerprint density at radius 3 is 3.04 bits per heavy atom. The summed E-state index contributed by atoms with van der Waals surface area (Å²) >= 11 is 1.53. The lowest BCUT2D eigenvalue weighted by molar-refractivity contribution is -0.122. The van der Waals surface area contributed by atoms with Gasteiger partial charge < -0.3 is 15.0 Å². The molecule has 2 saturated carbocycles. The molecule has 1 N–H and O–H groups in total. The van der Waals surface area contributed by atoms with E-state index in [0.29, 0.717) is 24.3 Å². The Hall–Kier alpha value is -2.15. The van der Waals surface area contributed by atoms with Crippen LogP contribution in [0.2, 0.25) is 0 Å². The Balaban J connectivity index is 1.20. The molecule has 1 amide bonds. The molecule has 1 aromatic heterocycles. The standard InChI is InChI=1S/C21H26N4O2S/c1-27-16-8-4-5-13(9-16)10-18(26)22-19-15-11-17(19)25(12-15)21-23-20(24-28-21)14-6-2-3-7-14/h4-5,8-9,14-15,17,19H,2-3,6-7,10-12H2,1H3,(H,22,26). The van der Waals surface area contributed by atoms with Crippen LogP contribution in [-0.4, -0.2) is 41.0 Å². The van der Waals surface area contributed by atoms with E-state index in [9.17, 15) is 4.79 Å². The van der Waals surface area contributed by atoms with Gasteiger partial charge in [0.05, 0.1) is 25.6 Å². The van der Waals surface area contributed by atoms with Crippen LogP contribution < -0.4 is 15.0 Å². The van der Waals surface area contributed by atoms with Crippen LogP contribution in [0.1, 0.15) is 49.4 Å². The molecule has 2 bridgehead atoms. The molecular formula is C21H26N4O2S. The number of nitrogens with one attached hydrogen (secondary N) is 1. The van der Waals surface area contributed by atoms with Gasteiger partial charge >= 0.3 is 0 Å². The molecular weight excluding hydrogens is 372 g/mol. The SMILES string of the molecule is COc1cccc(CC(=O)NC2C3CC2N(c2nc(C4CCCC4)ns2)C3)c1. The number of fused-ring (bicyclic) bond motifs is 1. The highest BCUT2D eigenvalue weighted by Crippen LogP contribution is 2.45. The Bertz CT molecular complexity index is 864. The molecule has 1 aromatic carbocycles. The van der Waals surface area contributed by atoms with Crippen molar-refractivity contribution in [1.29, 1.82) is 0 Å². The van der Waals surface area contributed by atoms with E-state index in [0.717, 1.165) is 35.2 Å². The number of aromatic nitrogens is 2. The highest BCUT2D eigenvalue weighted by atomic mass is 32.1. The first kappa shape index (κ1) is 17.9. The Labute approximate surface area is 169 Å². The summed E-state index contributed by atoms with van der Waals surface area (Å²) < 4.78 is 9.89. The second-order valence-electron chi connectivity index (χ2n) is 8.25. The summed E-state index contributed by atoms with van der Waals surface area (Å²) in [6.45, 7) is 0.980. The molecule has 3 atom stereocenters. The third-order valence-electron chi connectivity index (χ3n) is 6.52. The minimum atomic E-state index is 0.0821. The average Bonchev–Trinajstić information content (AvgIpc) is 3.48. The van der Waals surface area contributed by atoms with E-state index in [1.807, 2.05) is 24.3 Å². The van der Waals surface area contributed by atoms with E-state index in [1.54, 1.807) is 7.11 Å². The van der Waals surface area contributed by atoms with Crippen LogP contribution in [0.5, 0.6) is 5.75 Å². The second-order valence-corrected chi connectivity index (χ2v) is 8.98. The van der Waals surface area contributed by atoms with Crippen molar-refractivity contribution >= 4 is 22.6 Å². The predicted molar refractivity (Wildman–Crippen MR) is 109 cm³/mol. The molecule has 4 fully saturated rings. The maximum atomic E-state index is 12.6. The number of methoxy groups -OCH3 is 1. The minimum absolute atomic E-state index is 0.0821. The highest BCUT2D eigenvalue weighted by Gasteiger charge is 2.53. The van der Waals surface area contributed by atoms with Gasteiger partial charge in [0.1, 0.15) is 11.6 Å². The first-order chi connectivity index (χ1) is 13.7. The number of nitrogens with zero attached hydrogens (tertiary/aromatic N) is 3. The number of ether oxygens (including phenoxy) is 1. The van der Waals surface area contributed by atoms with Gasteiger partial charge in [-0.1, -0.05) is 25.0 Å². The molecule has 3 unspecified atom stereocenters. The van der Waals surface area contributed by atoms with Crippen LogP contribution in [0.4, 0.5) is 5.13 Å². The van der Waals surface area contributed by atoms with E-state index in [4.69, 9.17) is 9.72 Å². The van der Waals surface area contributed by atoms with Crippen molar-refractivity contribution in [3.05, 3.63) is 35.7 Å². The quantitative estimate of drug-likeness (QED) is 0.810. The smallest absolute Gasteiger partial charge is 0.224 e. The lowest BCUT2D eigenvalue weighted by Crippen LogP contribution is -2.55. The fourth-order valence-electron chi connectivity index (χ4n) is 4.95. The molecule has 7 heteroatoms. The van der Waals surface area contributed by atoms with Gasteiger partial charge in [0.2, 0.25) is 11.0 Å². The van der Waals surface area contributed by atoms with E-state index < -0.39 is 0 Å². The monoisotopic (exact) mass is 398 g/mol. The van der Waals surface area contributed by atoms with Crippen LogP contribution in [0, 0.1) is 5.92 Å². The molecule has 2 aliphatic carbocycles. The molecule has 6 rings (SSSR count). The molecule has 3 heterocycles. The normalized spacial score (nSPS) is 26.3. The Morgan fingerprint density at radius 1 is 1.36 bits per heavy atom. The van der Waals surface area contributed by atoms with E-state index in [1.165, 1.54) is 37.2 Å². The zero-order chi connectivity index (χ0) is 19.1. The van der Waals surface area contributed by atoms with E-state index in [2.05, 4.69) is 14.6 Å². The maximum Gasteiger partial charge on any atom is 0.224 e. The number of rotatable bonds is 6. The number of hydrogen-bond donors (Lipinski definition) is 1. The fraction of sp³-hybridized carbons (Fsp3) is 0.571. The summed E-state index contributed by atoms with van der Waals surface area (Å²) in [6, 6.07) is 8.31. The Kier molecular flexibility index (Phi) is 4.70. The molecule has 0 spiro atoms. The largest absolute Gasteiger partial charge is 0.497 e. The number of anilines is 1. The van der Waals surface area contributed by atoms with Gasteiger partial charge in [0.25, 0.3) is 0 Å². The third-order valence-corrected chi connectivity index (χ3v) is 7.29. The summed E-state index contributed by atoms with van der Waals surface area (Å²) in [4.78, 5) is 19.8. The molecule has 4 aliphatic rings. The van der Waals surface area contributed by atoms with Crippen molar-refractivity contribution in [2.75, 3.05) is 18.6 Å². The molecule has 28 heavy (non-hydrogen) atoms. The van der Waals surface area contributed by atoms with Crippen LogP contribution in [-0.2, 0) is 11.2 Å². The lowest BCUT2D eigenvalue weighted by Gasteiger charge is -2.36. The van der Waals surface area contributed by atoms with Gasteiger partial charge in [-0.05, 0) is 37.0 Å². The zero-order valence-electron chi connectivity index (χ0n) is 16.1. The molecule has 2 aliphatic heterocycles. The third kappa shape index (κ3) is 3.26. The first-order valence-corrected chi connectivity index (χ1v) is 11.0. The van der Waals surface area contributed by atoms with Crippen molar-refractivity contribution in [1.82, 2.24) is 14.7 Å². The molecule has 2 saturated heterocycles. The van der Waals surface area contributed by atoms with Gasteiger partial charge in [-0.15, -0.1) is 0 Å². The number of carbonyl (C=O) groups is 1. The second kappa shape index (κ2) is 7.35. The Morgan fingerprint density at radius 2 is 2.21 bits per heavy atom. The molecule has 148 valence electrons. The van der Waals surface area contributed by atoms with Crippen LogP contribution in [0.3, 0.4) is 0 Å². The summed E-state index contributed by atoms with van der Waals surface area (Å²) in [5.41, 5.74) is 0.978. The number of benzene rings is 1. The van der Waals surface area contributed by atoms with Crippen molar-refractivity contribution in [2.45, 2.75) is 56.5 Å². The number of amides is 1. The molecule has 6 nitrogen and oxygen atoms in total. The lowest BCUT2D eigenvalue weighted by atomic mass is 9.80. The fourth-order valence-corrected chi connectivity index (χ4v) is 5.76. The van der Waals surface area contributed by atoms with Gasteiger partial charge in [-0.3, -0.25) is 4.79 Å². The van der Waals surface area contributed by atoms with Gasteiger partial charge in [0.15, 0.2) is 0 Å². The topological polar surface area (TPSA) is 67.3 Å². The highest BCUT2D eigenvalue weighted by molar-refractivity contribution is 7.09. The summed E-state index contributed by atoms with van der Waals surface area (Å²) in [6.07, 6.45) is 6.58. The first-order valence-electron chi connectivity index (χ1n) is 10.2. The van der Waals surface area contributed by atoms with Crippen LogP contribution in [0.15, 0.2) is 24.3 Å². The van der Waals surface area contributed by atoms with E-state index >= 15 is 0 Å². The van der Waals surface area contributed by atoms with E-state index in [-0.39, 0.29) is 11.9 Å². The molecule has 0 radical (unpaired) electrons. The summed E-state index contributed by atoms with van der Waals surface area (Å²) in [7, 11) is 1.64. The van der Waals surface area contributed by atoms with Gasteiger partial charge in [0, 0.05) is 29.9 Å². The number of carbonyl (C=O) groups excluding carboxylic acids is 1. The maximum absolute atomic E-state index is 12.6. The van der Waals surface area contributed by atoms with Crippen molar-refractivity contribution < 1.29 is 9.53 Å². The van der Waals surface area contributed by atoms with Crippen LogP contribution in [0.25, 0.3) is 0 Å². The van der Waals surface area contributed by atoms with Crippen LogP contribution >= 0.6 is 11.5 Å². The van der Waals surface area contributed by atoms with Gasteiger partial charge in [-0.25, -0.2) is 4.98 Å². The zero-order valence-corrected chi connectivity index (χ0v) is 17.0. The minimum Gasteiger partial charge on any atom is -0.497 e. The predicted octanol–water partition coefficient (Wildman–Crippen LogP) is 3.14. The average molecular weight is 399 g/mol. The van der Waals surface area contributed by atoms with Gasteiger partial charge in [-0.2, -0.15) is 4.37 Å².